The fraction of sp³-hybridized carbons (Fsp3) is 0.462. The molecule has 2 nitrogen and oxygen atoms in total. The normalized spacial score (nSPS) is 11.0. The number of hydrogen-bond donors (Lipinski definition) is 2. The standard InChI is InChI=1S/C13H20N2S2/c1-13(2,3)15-12(16)14-9-10-17-11-7-5-4-6-8-11/h4-8H,9-10H2,1-3H3,(H2,14,15,16). The fourth-order valence-corrected chi connectivity index (χ4v) is 2.43. The van der Waals surface area contributed by atoms with Gasteiger partial charge in [0.25, 0.3) is 0 Å². The maximum atomic E-state index is 5.20. The number of rotatable bonds is 4. The molecule has 0 radical (unpaired) electrons. The monoisotopic (exact) mass is 268 g/mol. The Morgan fingerprint density at radius 3 is 2.47 bits per heavy atom. The molecule has 0 heterocycles. The first kappa shape index (κ1) is 14.3. The number of hydrogen-bond acceptors (Lipinski definition) is 2. The second kappa shape index (κ2) is 6.87. The van der Waals surface area contributed by atoms with Crippen molar-refractivity contribution in [3.63, 3.8) is 0 Å². The Hall–Kier alpha value is -0.740. The second-order valence-corrected chi connectivity index (χ2v) is 6.37. The van der Waals surface area contributed by atoms with Crippen molar-refractivity contribution in [2.75, 3.05) is 12.3 Å². The molecule has 0 aliphatic carbocycles. The molecule has 0 unspecified atom stereocenters. The third-order valence-electron chi connectivity index (χ3n) is 1.89. The van der Waals surface area contributed by atoms with E-state index in [-0.39, 0.29) is 5.54 Å². The van der Waals surface area contributed by atoms with E-state index in [1.165, 1.54) is 4.90 Å². The number of thioether (sulfide) groups is 1. The summed E-state index contributed by atoms with van der Waals surface area (Å²) in [5.41, 5.74) is 0.0245. The van der Waals surface area contributed by atoms with Crippen LogP contribution in [0.3, 0.4) is 0 Å². The summed E-state index contributed by atoms with van der Waals surface area (Å²) in [6.45, 7) is 7.17. The van der Waals surface area contributed by atoms with Gasteiger partial charge in [-0.05, 0) is 45.1 Å². The van der Waals surface area contributed by atoms with Crippen molar-refractivity contribution in [1.82, 2.24) is 10.6 Å². The smallest absolute Gasteiger partial charge is 0.166 e. The van der Waals surface area contributed by atoms with Crippen molar-refractivity contribution in [3.05, 3.63) is 30.3 Å². The molecule has 0 aromatic heterocycles. The number of nitrogens with one attached hydrogen (secondary N) is 2. The first-order valence-electron chi connectivity index (χ1n) is 5.71. The number of benzene rings is 1. The van der Waals surface area contributed by atoms with Crippen LogP contribution in [-0.2, 0) is 0 Å². The quantitative estimate of drug-likeness (QED) is 0.498. The maximum Gasteiger partial charge on any atom is 0.166 e. The average Bonchev–Trinajstić information content (AvgIpc) is 2.23. The van der Waals surface area contributed by atoms with E-state index in [4.69, 9.17) is 12.2 Å². The molecule has 0 bridgehead atoms. The zero-order valence-electron chi connectivity index (χ0n) is 10.6. The number of thiocarbonyl (C=S) groups is 1. The van der Waals surface area contributed by atoms with Gasteiger partial charge in [0.05, 0.1) is 0 Å². The highest BCUT2D eigenvalue weighted by atomic mass is 32.2. The lowest BCUT2D eigenvalue weighted by Gasteiger charge is -2.22. The Morgan fingerprint density at radius 2 is 1.88 bits per heavy atom. The Morgan fingerprint density at radius 1 is 1.24 bits per heavy atom. The van der Waals surface area contributed by atoms with Gasteiger partial charge in [-0.15, -0.1) is 11.8 Å². The molecule has 0 saturated heterocycles. The molecule has 1 rings (SSSR count). The van der Waals surface area contributed by atoms with Gasteiger partial charge in [-0.25, -0.2) is 0 Å². The van der Waals surface area contributed by atoms with Crippen LogP contribution in [0.4, 0.5) is 0 Å². The van der Waals surface area contributed by atoms with Crippen molar-refractivity contribution < 1.29 is 0 Å². The van der Waals surface area contributed by atoms with E-state index in [2.05, 4.69) is 55.7 Å². The third kappa shape index (κ3) is 7.23. The fourth-order valence-electron chi connectivity index (χ4n) is 1.23. The van der Waals surface area contributed by atoms with Gasteiger partial charge in [-0.3, -0.25) is 0 Å². The van der Waals surface area contributed by atoms with E-state index >= 15 is 0 Å². The zero-order chi connectivity index (χ0) is 12.7. The van der Waals surface area contributed by atoms with Gasteiger partial charge in [-0.2, -0.15) is 0 Å². The minimum absolute atomic E-state index is 0.0245. The highest BCUT2D eigenvalue weighted by molar-refractivity contribution is 7.99. The summed E-state index contributed by atoms with van der Waals surface area (Å²) < 4.78 is 0. The van der Waals surface area contributed by atoms with Crippen LogP contribution < -0.4 is 10.6 Å². The van der Waals surface area contributed by atoms with Crippen molar-refractivity contribution in [2.24, 2.45) is 0 Å². The van der Waals surface area contributed by atoms with Crippen molar-refractivity contribution in [2.45, 2.75) is 31.2 Å². The summed E-state index contributed by atoms with van der Waals surface area (Å²) in [6.07, 6.45) is 0. The van der Waals surface area contributed by atoms with E-state index in [1.54, 1.807) is 0 Å². The molecule has 1 aromatic rings. The van der Waals surface area contributed by atoms with Gasteiger partial charge in [-0.1, -0.05) is 18.2 Å². The summed E-state index contributed by atoms with van der Waals surface area (Å²) >= 11 is 7.03. The van der Waals surface area contributed by atoms with Crippen LogP contribution in [0.25, 0.3) is 0 Å². The molecule has 2 N–H and O–H groups in total. The van der Waals surface area contributed by atoms with Gasteiger partial charge in [0.15, 0.2) is 5.11 Å². The molecule has 0 saturated carbocycles. The average molecular weight is 268 g/mol. The summed E-state index contributed by atoms with van der Waals surface area (Å²) in [5.74, 6) is 1.01. The summed E-state index contributed by atoms with van der Waals surface area (Å²) in [5, 5.41) is 7.17. The van der Waals surface area contributed by atoms with Gasteiger partial charge in [0.2, 0.25) is 0 Å². The first-order valence-corrected chi connectivity index (χ1v) is 7.11. The van der Waals surface area contributed by atoms with E-state index in [0.717, 1.165) is 17.4 Å². The van der Waals surface area contributed by atoms with Gasteiger partial charge >= 0.3 is 0 Å². The Labute approximate surface area is 114 Å². The molecule has 0 spiro atoms. The Kier molecular flexibility index (Phi) is 5.78. The van der Waals surface area contributed by atoms with Gasteiger partial charge in [0, 0.05) is 22.7 Å². The SMILES string of the molecule is CC(C)(C)NC(=S)NCCSc1ccccc1. The minimum Gasteiger partial charge on any atom is -0.362 e. The van der Waals surface area contributed by atoms with Crippen LogP contribution in [-0.4, -0.2) is 22.9 Å². The molecule has 0 amide bonds. The molecule has 0 atom stereocenters. The van der Waals surface area contributed by atoms with E-state index in [1.807, 2.05) is 17.8 Å². The van der Waals surface area contributed by atoms with Crippen LogP contribution in [0.15, 0.2) is 35.2 Å². The molecule has 17 heavy (non-hydrogen) atoms. The van der Waals surface area contributed by atoms with E-state index < -0.39 is 0 Å². The van der Waals surface area contributed by atoms with Crippen molar-refractivity contribution >= 4 is 29.1 Å². The van der Waals surface area contributed by atoms with Crippen LogP contribution in [0, 0.1) is 0 Å². The lowest BCUT2D eigenvalue weighted by Crippen LogP contribution is -2.46. The lowest BCUT2D eigenvalue weighted by molar-refractivity contribution is 0.508. The Balaban J connectivity index is 2.14. The topological polar surface area (TPSA) is 24.1 Å². The van der Waals surface area contributed by atoms with Crippen LogP contribution in [0.1, 0.15) is 20.8 Å². The van der Waals surface area contributed by atoms with Crippen LogP contribution in [0.2, 0.25) is 0 Å². The van der Waals surface area contributed by atoms with Gasteiger partial charge in [0.1, 0.15) is 0 Å². The first-order chi connectivity index (χ1) is 7.97. The predicted octanol–water partition coefficient (Wildman–Crippen LogP) is 3.04. The molecule has 0 aliphatic heterocycles. The molecule has 4 heteroatoms. The second-order valence-electron chi connectivity index (χ2n) is 4.79. The van der Waals surface area contributed by atoms with E-state index in [0.29, 0.717) is 0 Å². The zero-order valence-corrected chi connectivity index (χ0v) is 12.3. The maximum absolute atomic E-state index is 5.20. The van der Waals surface area contributed by atoms with Crippen molar-refractivity contribution in [1.29, 1.82) is 0 Å². The summed E-state index contributed by atoms with van der Waals surface area (Å²) in [6, 6.07) is 10.4. The largest absolute Gasteiger partial charge is 0.362 e. The molecule has 1 aromatic carbocycles. The molecular formula is C13H20N2S2. The van der Waals surface area contributed by atoms with Crippen LogP contribution >= 0.6 is 24.0 Å². The molecule has 94 valence electrons. The van der Waals surface area contributed by atoms with Gasteiger partial charge < -0.3 is 10.6 Å². The van der Waals surface area contributed by atoms with Crippen LogP contribution in [0.5, 0.6) is 0 Å². The third-order valence-corrected chi connectivity index (χ3v) is 3.15. The Bertz CT molecular complexity index is 344. The predicted molar refractivity (Wildman–Crippen MR) is 80.7 cm³/mol. The molecule has 0 fully saturated rings. The summed E-state index contributed by atoms with van der Waals surface area (Å²) in [4.78, 5) is 1.30. The highest BCUT2D eigenvalue weighted by Crippen LogP contribution is 2.15. The molecular weight excluding hydrogens is 248 g/mol. The highest BCUT2D eigenvalue weighted by Gasteiger charge is 2.10. The van der Waals surface area contributed by atoms with Crippen molar-refractivity contribution in [3.8, 4) is 0 Å². The molecule has 0 aliphatic rings. The minimum atomic E-state index is 0.0245. The lowest BCUT2D eigenvalue weighted by atomic mass is 10.1. The van der Waals surface area contributed by atoms with E-state index in [9.17, 15) is 0 Å². The summed E-state index contributed by atoms with van der Waals surface area (Å²) in [7, 11) is 0.